The Labute approximate surface area is 192 Å². The number of likely N-dealkylation sites (N-methyl/N-ethyl adjacent to an activating group) is 1. The third kappa shape index (κ3) is 4.27. The molecule has 184 valence electrons. The first-order valence-electron chi connectivity index (χ1n) is 10.7. The van der Waals surface area contributed by atoms with Crippen LogP contribution >= 0.6 is 0 Å². The predicted molar refractivity (Wildman–Crippen MR) is 113 cm³/mol. The number of pyridine rings is 1. The number of carbonyl (C=O) groups excluding carboxylic acids is 1. The number of rotatable bonds is 4. The van der Waals surface area contributed by atoms with Gasteiger partial charge in [0.1, 0.15) is 23.3 Å². The number of aryl methyl sites for hydroxylation is 1. The molecule has 1 saturated heterocycles. The van der Waals surface area contributed by atoms with Crippen LogP contribution in [0.25, 0.3) is 0 Å². The highest BCUT2D eigenvalue weighted by Gasteiger charge is 2.51. The first kappa shape index (κ1) is 24.2. The van der Waals surface area contributed by atoms with Gasteiger partial charge in [-0.3, -0.25) is 4.79 Å². The van der Waals surface area contributed by atoms with Gasteiger partial charge in [-0.2, -0.15) is 26.3 Å². The Morgan fingerprint density at radius 1 is 1.09 bits per heavy atom. The molecule has 0 N–H and O–H groups in total. The number of piperidine rings is 1. The van der Waals surface area contributed by atoms with Crippen LogP contribution in [0.15, 0.2) is 30.3 Å². The Hall–Kier alpha value is -2.98. The molecule has 1 aromatic heterocycles. The van der Waals surface area contributed by atoms with Crippen molar-refractivity contribution in [2.45, 2.75) is 50.6 Å². The van der Waals surface area contributed by atoms with E-state index < -0.39 is 41.4 Å². The van der Waals surface area contributed by atoms with Crippen LogP contribution in [0.2, 0.25) is 0 Å². The number of hydrogen-bond donors (Lipinski definition) is 0. The number of alkyl halides is 6. The second-order valence-corrected chi connectivity index (χ2v) is 8.73. The van der Waals surface area contributed by atoms with Crippen molar-refractivity contribution in [3.05, 3.63) is 47.2 Å². The molecule has 2 aliphatic rings. The lowest BCUT2D eigenvalue weighted by molar-refractivity contribution is -0.145. The summed E-state index contributed by atoms with van der Waals surface area (Å²) in [6.07, 6.45) is -8.33. The number of amides is 1. The van der Waals surface area contributed by atoms with Crippen LogP contribution in [-0.2, 0) is 17.1 Å². The number of ether oxygens (including phenoxy) is 1. The van der Waals surface area contributed by atoms with Crippen LogP contribution in [0, 0.1) is 12.8 Å². The molecule has 5 nitrogen and oxygen atoms in total. The maximum Gasteiger partial charge on any atom is 0.433 e. The number of fused-ring (bicyclic) bond motifs is 2. The zero-order chi connectivity index (χ0) is 25.0. The third-order valence-corrected chi connectivity index (χ3v) is 6.64. The van der Waals surface area contributed by atoms with Crippen molar-refractivity contribution in [2.24, 2.45) is 5.92 Å². The number of methoxy groups -OCH3 is 1. The zero-order valence-corrected chi connectivity index (χ0v) is 18.7. The summed E-state index contributed by atoms with van der Waals surface area (Å²) in [4.78, 5) is 19.8. The summed E-state index contributed by atoms with van der Waals surface area (Å²) in [6, 6.07) is 4.45. The van der Waals surface area contributed by atoms with Crippen LogP contribution < -0.4 is 14.5 Å². The van der Waals surface area contributed by atoms with E-state index in [9.17, 15) is 31.1 Å². The molecule has 0 unspecified atom stereocenters. The molecular formula is C23H23F6N3O2. The van der Waals surface area contributed by atoms with Gasteiger partial charge in [0.2, 0.25) is 5.91 Å². The number of carbonyl (C=O) groups is 1. The van der Waals surface area contributed by atoms with Gasteiger partial charge in [-0.15, -0.1) is 0 Å². The van der Waals surface area contributed by atoms with Gasteiger partial charge < -0.3 is 14.5 Å². The monoisotopic (exact) mass is 487 g/mol. The Balaban J connectivity index is 1.74. The lowest BCUT2D eigenvalue weighted by Crippen LogP contribution is -2.51. The van der Waals surface area contributed by atoms with Crippen LogP contribution in [0.1, 0.15) is 36.1 Å². The van der Waals surface area contributed by atoms with Gasteiger partial charge in [0, 0.05) is 24.8 Å². The SMILES string of the molecule is COc1cc(N(C)C(=O)[C@@H]2[C@H]3CC[C@H](C3)N2c2cc(C(F)(F)F)cc(C(F)(F)F)n2)ccc1C. The molecule has 1 aromatic carbocycles. The minimum atomic E-state index is -5.07. The summed E-state index contributed by atoms with van der Waals surface area (Å²) < 4.78 is 85.7. The van der Waals surface area contributed by atoms with Crippen molar-refractivity contribution in [3.63, 3.8) is 0 Å². The van der Waals surface area contributed by atoms with Crippen molar-refractivity contribution in [1.29, 1.82) is 0 Å². The highest BCUT2D eigenvalue weighted by atomic mass is 19.4. The molecule has 2 fully saturated rings. The van der Waals surface area contributed by atoms with E-state index in [1.54, 1.807) is 18.2 Å². The molecule has 1 aliphatic heterocycles. The fourth-order valence-corrected chi connectivity index (χ4v) is 4.94. The number of anilines is 2. The van der Waals surface area contributed by atoms with Crippen LogP contribution in [0.5, 0.6) is 5.75 Å². The number of aromatic nitrogens is 1. The second-order valence-electron chi connectivity index (χ2n) is 8.73. The topological polar surface area (TPSA) is 45.7 Å². The number of halogens is 6. The van der Waals surface area contributed by atoms with Crippen LogP contribution in [0.3, 0.4) is 0 Å². The maximum atomic E-state index is 13.5. The lowest BCUT2D eigenvalue weighted by atomic mass is 9.97. The van der Waals surface area contributed by atoms with Gasteiger partial charge in [0.15, 0.2) is 0 Å². The molecule has 3 atom stereocenters. The molecule has 1 amide bonds. The predicted octanol–water partition coefficient (Wildman–Crippen LogP) is 5.46. The van der Waals surface area contributed by atoms with Gasteiger partial charge in [-0.1, -0.05) is 6.07 Å². The van der Waals surface area contributed by atoms with E-state index in [1.165, 1.54) is 24.0 Å². The first-order chi connectivity index (χ1) is 15.8. The van der Waals surface area contributed by atoms with Crippen molar-refractivity contribution in [2.75, 3.05) is 24.0 Å². The number of nitrogens with zero attached hydrogens (tertiary/aromatic N) is 3. The van der Waals surface area contributed by atoms with Crippen LogP contribution in [0.4, 0.5) is 37.8 Å². The summed E-state index contributed by atoms with van der Waals surface area (Å²) in [7, 11) is 3.01. The minimum absolute atomic E-state index is 0.000635. The molecule has 2 heterocycles. The van der Waals surface area contributed by atoms with E-state index >= 15 is 0 Å². The summed E-state index contributed by atoms with van der Waals surface area (Å²) in [5, 5.41) is 0. The maximum absolute atomic E-state index is 13.5. The summed E-state index contributed by atoms with van der Waals surface area (Å²) in [6.45, 7) is 1.83. The van der Waals surface area contributed by atoms with E-state index in [1.807, 2.05) is 6.92 Å². The number of benzene rings is 1. The average Bonchev–Trinajstić information content (AvgIpc) is 3.38. The van der Waals surface area contributed by atoms with E-state index in [2.05, 4.69) is 4.98 Å². The molecule has 0 spiro atoms. The largest absolute Gasteiger partial charge is 0.496 e. The van der Waals surface area contributed by atoms with Gasteiger partial charge in [0.05, 0.1) is 12.7 Å². The fourth-order valence-electron chi connectivity index (χ4n) is 4.94. The van der Waals surface area contributed by atoms with Crippen molar-refractivity contribution < 1.29 is 35.9 Å². The third-order valence-electron chi connectivity index (χ3n) is 6.64. The van der Waals surface area contributed by atoms with Crippen molar-refractivity contribution in [1.82, 2.24) is 4.98 Å². The summed E-state index contributed by atoms with van der Waals surface area (Å²) in [5.74, 6) is -0.553. The molecule has 1 aliphatic carbocycles. The van der Waals surface area contributed by atoms with E-state index in [-0.39, 0.29) is 18.0 Å². The van der Waals surface area contributed by atoms with Gasteiger partial charge in [-0.05, 0) is 55.9 Å². The summed E-state index contributed by atoms with van der Waals surface area (Å²) >= 11 is 0. The molecule has 4 rings (SSSR count). The highest BCUT2D eigenvalue weighted by Crippen LogP contribution is 2.47. The average molecular weight is 487 g/mol. The first-order valence-corrected chi connectivity index (χ1v) is 10.7. The summed E-state index contributed by atoms with van der Waals surface area (Å²) in [5.41, 5.74) is -1.73. The molecule has 1 saturated carbocycles. The van der Waals surface area contributed by atoms with Gasteiger partial charge >= 0.3 is 12.4 Å². The molecule has 11 heteroatoms. The molecule has 2 aromatic rings. The Kier molecular flexibility index (Phi) is 5.93. The standard InChI is InChI=1S/C23H23F6N3O2/c1-12-4-6-15(11-17(12)34-3)31(2)21(33)20-13-5-7-16(8-13)32(20)19-10-14(22(24,25)26)9-18(30-19)23(27,28)29/h4,6,9-11,13,16,20H,5,7-8H2,1-3H3/t13-,16+,20-/m0/s1. The lowest BCUT2D eigenvalue weighted by Gasteiger charge is -2.37. The number of hydrogen-bond acceptors (Lipinski definition) is 4. The van der Waals surface area contributed by atoms with Gasteiger partial charge in [0.25, 0.3) is 0 Å². The second kappa shape index (κ2) is 8.35. The fraction of sp³-hybridized carbons (Fsp3) is 0.478. The Morgan fingerprint density at radius 2 is 1.79 bits per heavy atom. The van der Waals surface area contributed by atoms with Crippen molar-refractivity contribution in [3.8, 4) is 5.75 Å². The van der Waals surface area contributed by atoms with E-state index in [0.29, 0.717) is 36.8 Å². The Bertz CT molecular complexity index is 1070. The molecule has 0 radical (unpaired) electrons. The Morgan fingerprint density at radius 3 is 2.41 bits per heavy atom. The normalized spacial score (nSPS) is 22.3. The quantitative estimate of drug-likeness (QED) is 0.538. The van der Waals surface area contributed by atoms with E-state index in [0.717, 1.165) is 5.56 Å². The zero-order valence-electron chi connectivity index (χ0n) is 18.7. The highest BCUT2D eigenvalue weighted by molar-refractivity contribution is 5.99. The molecule has 2 bridgehead atoms. The van der Waals surface area contributed by atoms with Gasteiger partial charge in [-0.25, -0.2) is 4.98 Å². The molecular weight excluding hydrogens is 464 g/mol. The van der Waals surface area contributed by atoms with Crippen molar-refractivity contribution >= 4 is 17.4 Å². The molecule has 34 heavy (non-hydrogen) atoms. The smallest absolute Gasteiger partial charge is 0.433 e. The van der Waals surface area contributed by atoms with E-state index in [4.69, 9.17) is 4.74 Å². The minimum Gasteiger partial charge on any atom is -0.496 e. The van der Waals surface area contributed by atoms with Crippen LogP contribution in [-0.4, -0.2) is 37.1 Å².